The van der Waals surface area contributed by atoms with E-state index >= 15 is 4.39 Å². The Labute approximate surface area is 202 Å². The Kier molecular flexibility index (Phi) is 5.46. The Bertz CT molecular complexity index is 1150. The summed E-state index contributed by atoms with van der Waals surface area (Å²) in [5, 5.41) is 3.46. The number of hydrogen-bond acceptors (Lipinski definition) is 4. The fourth-order valence-corrected chi connectivity index (χ4v) is 7.19. The van der Waals surface area contributed by atoms with Crippen LogP contribution in [0.5, 0.6) is 0 Å². The van der Waals surface area contributed by atoms with Crippen LogP contribution >= 0.6 is 23.2 Å². The number of nitrogens with one attached hydrogen (secondary N) is 1. The number of amides is 1. The van der Waals surface area contributed by atoms with Crippen LogP contribution in [0.4, 0.5) is 10.1 Å². The van der Waals surface area contributed by atoms with Crippen molar-refractivity contribution in [1.29, 1.82) is 0 Å². The number of carbonyl (C=O) groups is 2. The largest absolute Gasteiger partial charge is 0.468 e. The summed E-state index contributed by atoms with van der Waals surface area (Å²) in [5.41, 5.74) is -0.338. The van der Waals surface area contributed by atoms with Gasteiger partial charge in [-0.25, -0.2) is 4.39 Å². The van der Waals surface area contributed by atoms with Crippen LogP contribution in [0, 0.1) is 5.82 Å². The maximum atomic E-state index is 15.6. The highest BCUT2D eigenvalue weighted by Gasteiger charge is 2.75. The summed E-state index contributed by atoms with van der Waals surface area (Å²) in [6.45, 7) is 0. The van der Waals surface area contributed by atoms with Gasteiger partial charge in [-0.15, -0.1) is 0 Å². The van der Waals surface area contributed by atoms with E-state index in [0.29, 0.717) is 23.6 Å². The first-order chi connectivity index (χ1) is 15.8. The van der Waals surface area contributed by atoms with Crippen LogP contribution in [-0.4, -0.2) is 42.5 Å². The van der Waals surface area contributed by atoms with Gasteiger partial charge in [-0.3, -0.25) is 14.5 Å². The number of rotatable bonds is 2. The monoisotopic (exact) mass is 490 g/mol. The lowest BCUT2D eigenvalue weighted by atomic mass is 9.55. The van der Waals surface area contributed by atoms with Crippen molar-refractivity contribution in [3.63, 3.8) is 0 Å². The number of carbonyl (C=O) groups excluding carboxylic acids is 2. The van der Waals surface area contributed by atoms with Gasteiger partial charge in [-0.2, -0.15) is 0 Å². The first-order valence-electron chi connectivity index (χ1n) is 11.2. The van der Waals surface area contributed by atoms with Gasteiger partial charge in [0.05, 0.1) is 12.1 Å². The van der Waals surface area contributed by atoms with E-state index in [-0.39, 0.29) is 16.5 Å². The highest BCUT2D eigenvalue weighted by Crippen LogP contribution is 2.66. The lowest BCUT2D eigenvalue weighted by Crippen LogP contribution is -2.60. The van der Waals surface area contributed by atoms with Gasteiger partial charge in [0.1, 0.15) is 17.3 Å². The number of benzene rings is 2. The molecule has 3 atom stereocenters. The molecule has 1 saturated heterocycles. The van der Waals surface area contributed by atoms with Crippen LogP contribution in [0.1, 0.15) is 49.1 Å². The first-order valence-corrected chi connectivity index (χ1v) is 11.9. The fourth-order valence-electron chi connectivity index (χ4n) is 6.83. The fraction of sp³-hybridized carbons (Fsp3) is 0.440. The summed E-state index contributed by atoms with van der Waals surface area (Å²) in [4.78, 5) is 29.4. The predicted molar refractivity (Wildman–Crippen MR) is 125 cm³/mol. The minimum absolute atomic E-state index is 0.0479. The molecule has 0 unspecified atom stereocenters. The number of esters is 1. The molecule has 5 rings (SSSR count). The van der Waals surface area contributed by atoms with Crippen LogP contribution in [0.15, 0.2) is 36.4 Å². The third-order valence-electron chi connectivity index (χ3n) is 8.06. The second-order valence-corrected chi connectivity index (χ2v) is 10.1. The second kappa shape index (κ2) is 7.97. The van der Waals surface area contributed by atoms with Crippen molar-refractivity contribution < 1.29 is 18.7 Å². The van der Waals surface area contributed by atoms with Crippen molar-refractivity contribution in [3.8, 4) is 0 Å². The molecule has 1 saturated carbocycles. The van der Waals surface area contributed by atoms with Crippen LogP contribution in [0.2, 0.25) is 10.0 Å². The van der Waals surface area contributed by atoms with Crippen LogP contribution in [-0.2, 0) is 19.7 Å². The minimum atomic E-state index is -1.22. The molecule has 174 valence electrons. The van der Waals surface area contributed by atoms with E-state index in [9.17, 15) is 9.59 Å². The summed E-state index contributed by atoms with van der Waals surface area (Å²) in [7, 11) is 3.18. The molecular weight excluding hydrogens is 466 g/mol. The van der Waals surface area contributed by atoms with Crippen molar-refractivity contribution in [3.05, 3.63) is 63.4 Å². The van der Waals surface area contributed by atoms with Crippen LogP contribution in [0.25, 0.3) is 0 Å². The lowest BCUT2D eigenvalue weighted by Gasteiger charge is -2.49. The molecule has 2 heterocycles. The van der Waals surface area contributed by atoms with E-state index in [0.717, 1.165) is 24.8 Å². The van der Waals surface area contributed by atoms with Crippen LogP contribution in [0.3, 0.4) is 0 Å². The predicted octanol–water partition coefficient (Wildman–Crippen LogP) is 5.30. The summed E-state index contributed by atoms with van der Waals surface area (Å²) in [5.74, 6) is -2.20. The van der Waals surface area contributed by atoms with Gasteiger partial charge in [0.15, 0.2) is 0 Å². The average Bonchev–Trinajstić information content (AvgIpc) is 3.21. The number of ether oxygens (including phenoxy) is 1. The van der Waals surface area contributed by atoms with Gasteiger partial charge >= 0.3 is 5.97 Å². The highest BCUT2D eigenvalue weighted by molar-refractivity contribution is 6.31. The Hall–Kier alpha value is -2.15. The third-order valence-corrected chi connectivity index (χ3v) is 8.59. The summed E-state index contributed by atoms with van der Waals surface area (Å²) in [6, 6.07) is 9.19. The molecule has 2 spiro atoms. The zero-order chi connectivity index (χ0) is 23.5. The minimum Gasteiger partial charge on any atom is -0.468 e. The van der Waals surface area contributed by atoms with E-state index in [1.54, 1.807) is 24.3 Å². The summed E-state index contributed by atoms with van der Waals surface area (Å²) < 4.78 is 20.8. The molecule has 2 aromatic carbocycles. The van der Waals surface area contributed by atoms with Crippen LogP contribution < -0.4 is 5.32 Å². The normalized spacial score (nSPS) is 28.2. The topological polar surface area (TPSA) is 58.6 Å². The molecule has 0 radical (unpaired) electrons. The van der Waals surface area contributed by atoms with Crippen molar-refractivity contribution >= 4 is 40.8 Å². The molecule has 5 nitrogen and oxygen atoms in total. The SMILES string of the molecule is COC(=O)[C@H]1[C@H](c2cccc(Cl)c2F)[C@]2(C(=O)Nc3cc(Cl)ccc32)C2(CCCCC2)N1C. The van der Waals surface area contributed by atoms with Gasteiger partial charge in [-0.1, -0.05) is 60.7 Å². The molecule has 3 aliphatic rings. The average molecular weight is 491 g/mol. The van der Waals surface area contributed by atoms with Crippen molar-refractivity contribution in [2.75, 3.05) is 19.5 Å². The Morgan fingerprint density at radius 3 is 2.61 bits per heavy atom. The van der Waals surface area contributed by atoms with Gasteiger partial charge in [-0.05, 0) is 49.2 Å². The zero-order valence-electron chi connectivity index (χ0n) is 18.5. The Morgan fingerprint density at radius 2 is 1.91 bits per heavy atom. The van der Waals surface area contributed by atoms with Crippen molar-refractivity contribution in [2.45, 2.75) is 55.0 Å². The molecule has 2 aromatic rings. The number of halogens is 3. The third kappa shape index (κ3) is 2.87. The maximum Gasteiger partial charge on any atom is 0.323 e. The Balaban J connectivity index is 1.89. The molecular formula is C25H25Cl2FN2O3. The van der Waals surface area contributed by atoms with E-state index in [2.05, 4.69) is 5.32 Å². The quantitative estimate of drug-likeness (QED) is 0.580. The number of methoxy groups -OCH3 is 1. The van der Waals surface area contributed by atoms with E-state index in [4.69, 9.17) is 27.9 Å². The second-order valence-electron chi connectivity index (χ2n) is 9.24. The van der Waals surface area contributed by atoms with E-state index in [1.807, 2.05) is 18.0 Å². The first kappa shape index (κ1) is 22.6. The molecule has 0 bridgehead atoms. The summed E-state index contributed by atoms with van der Waals surface area (Å²) >= 11 is 12.5. The van der Waals surface area contributed by atoms with Crippen molar-refractivity contribution in [2.24, 2.45) is 0 Å². The molecule has 8 heteroatoms. The molecule has 1 aliphatic carbocycles. The number of likely N-dealkylation sites (N-methyl/N-ethyl adjacent to an activating group) is 1. The van der Waals surface area contributed by atoms with E-state index in [1.165, 1.54) is 13.2 Å². The van der Waals surface area contributed by atoms with Gasteiger partial charge in [0, 0.05) is 22.2 Å². The smallest absolute Gasteiger partial charge is 0.323 e. The van der Waals surface area contributed by atoms with Crippen molar-refractivity contribution in [1.82, 2.24) is 4.90 Å². The molecule has 1 amide bonds. The van der Waals surface area contributed by atoms with E-state index < -0.39 is 34.7 Å². The van der Waals surface area contributed by atoms with Gasteiger partial charge < -0.3 is 10.1 Å². The maximum absolute atomic E-state index is 15.6. The van der Waals surface area contributed by atoms with Gasteiger partial charge in [0.25, 0.3) is 0 Å². The Morgan fingerprint density at radius 1 is 1.18 bits per heavy atom. The zero-order valence-corrected chi connectivity index (χ0v) is 20.0. The molecule has 2 fully saturated rings. The molecule has 1 N–H and O–H groups in total. The summed E-state index contributed by atoms with van der Waals surface area (Å²) in [6.07, 6.45) is 4.25. The molecule has 33 heavy (non-hydrogen) atoms. The van der Waals surface area contributed by atoms with Gasteiger partial charge in [0.2, 0.25) is 5.91 Å². The molecule has 2 aliphatic heterocycles. The number of hydrogen-bond donors (Lipinski definition) is 1. The number of nitrogens with zero attached hydrogens (tertiary/aromatic N) is 1. The lowest BCUT2D eigenvalue weighted by molar-refractivity contribution is -0.147. The number of anilines is 1. The number of likely N-dealkylation sites (tertiary alicyclic amines) is 1. The standard InChI is InChI=1S/C25H25Cl2FN2O3/c1-30-21(22(31)33-2)19(15-7-6-8-17(27)20(15)28)25(24(30)11-4-3-5-12-24)16-10-9-14(26)13-18(16)29-23(25)32/h6-10,13,19,21H,3-5,11-12H2,1-2H3,(H,29,32)/t19-,21+,25+/m0/s1. The highest BCUT2D eigenvalue weighted by atomic mass is 35.5. The number of fused-ring (bicyclic) bond motifs is 3. The molecule has 0 aromatic heterocycles.